The van der Waals surface area contributed by atoms with Gasteiger partial charge in [0.2, 0.25) is 0 Å². The van der Waals surface area contributed by atoms with Crippen molar-refractivity contribution in [2.45, 2.75) is 13.0 Å². The normalized spacial score (nSPS) is 13.8. The van der Waals surface area contributed by atoms with E-state index in [0.717, 1.165) is 17.7 Å². The monoisotopic (exact) mass is 416 g/mol. The van der Waals surface area contributed by atoms with Crippen molar-refractivity contribution in [2.24, 2.45) is 0 Å². The molecule has 150 valence electrons. The van der Waals surface area contributed by atoms with Crippen molar-refractivity contribution in [2.75, 3.05) is 23.3 Å². The van der Waals surface area contributed by atoms with Crippen molar-refractivity contribution < 1.29 is 9.59 Å². The molecule has 1 aliphatic rings. The van der Waals surface area contributed by atoms with Gasteiger partial charge in [-0.3, -0.25) is 9.69 Å². The number of benzene rings is 2. The number of thiophene rings is 1. The van der Waals surface area contributed by atoms with Gasteiger partial charge in [-0.25, -0.2) is 4.79 Å². The summed E-state index contributed by atoms with van der Waals surface area (Å²) in [5.41, 5.74) is 3.00. The van der Waals surface area contributed by atoms with Crippen molar-refractivity contribution in [1.29, 1.82) is 5.26 Å². The molecule has 4 rings (SSSR count). The number of rotatable bonds is 5. The number of amides is 3. The number of nitrogens with zero attached hydrogens (tertiary/aromatic N) is 3. The number of urea groups is 1. The van der Waals surface area contributed by atoms with E-state index in [4.69, 9.17) is 5.26 Å². The van der Waals surface area contributed by atoms with Gasteiger partial charge in [-0.15, -0.1) is 11.3 Å². The van der Waals surface area contributed by atoms with Crippen LogP contribution in [-0.2, 0) is 6.54 Å². The third-order valence-electron chi connectivity index (χ3n) is 4.93. The van der Waals surface area contributed by atoms with Gasteiger partial charge in [-0.2, -0.15) is 5.26 Å². The van der Waals surface area contributed by atoms with E-state index in [9.17, 15) is 9.59 Å². The summed E-state index contributed by atoms with van der Waals surface area (Å²) in [6.45, 7) is 1.81. The molecule has 2 aromatic carbocycles. The summed E-state index contributed by atoms with van der Waals surface area (Å²) in [6, 6.07) is 20.3. The summed E-state index contributed by atoms with van der Waals surface area (Å²) in [4.78, 5) is 29.6. The highest BCUT2D eigenvalue weighted by Crippen LogP contribution is 2.25. The Balaban J connectivity index is 1.47. The average Bonchev–Trinajstić information content (AvgIpc) is 3.31. The molecular formula is C23H20N4O2S. The van der Waals surface area contributed by atoms with E-state index in [1.165, 1.54) is 11.3 Å². The SMILES string of the molecule is N#Cc1ccc(CN2CCCN(c3cccc(NC(=O)c4cccs4)c3)C2=O)cc1. The number of hydrogen-bond acceptors (Lipinski definition) is 4. The standard InChI is InChI=1S/C23H20N4O2S/c24-15-17-7-9-18(10-8-17)16-26-11-3-12-27(23(26)29)20-5-1-4-19(14-20)25-22(28)21-6-2-13-30-21/h1-2,4-10,13-14H,3,11-12,16H2,(H,25,28). The van der Waals surface area contributed by atoms with E-state index in [-0.39, 0.29) is 11.9 Å². The van der Waals surface area contributed by atoms with Gasteiger partial charge >= 0.3 is 6.03 Å². The quantitative estimate of drug-likeness (QED) is 0.655. The van der Waals surface area contributed by atoms with Crippen LogP contribution in [0.1, 0.15) is 27.2 Å². The van der Waals surface area contributed by atoms with Crippen LogP contribution in [0.25, 0.3) is 0 Å². The zero-order valence-corrected chi connectivity index (χ0v) is 17.1. The molecule has 7 heteroatoms. The summed E-state index contributed by atoms with van der Waals surface area (Å²) in [7, 11) is 0. The maximum absolute atomic E-state index is 13.1. The van der Waals surface area contributed by atoms with Crippen LogP contribution >= 0.6 is 11.3 Å². The Hall–Kier alpha value is -3.63. The molecule has 0 aliphatic carbocycles. The Morgan fingerprint density at radius 3 is 2.67 bits per heavy atom. The third kappa shape index (κ3) is 4.34. The predicted molar refractivity (Wildman–Crippen MR) is 118 cm³/mol. The number of nitrogens with one attached hydrogen (secondary N) is 1. The molecule has 0 atom stereocenters. The average molecular weight is 417 g/mol. The zero-order chi connectivity index (χ0) is 20.9. The van der Waals surface area contributed by atoms with Gasteiger partial charge in [0.1, 0.15) is 0 Å². The first-order chi connectivity index (χ1) is 14.6. The summed E-state index contributed by atoms with van der Waals surface area (Å²) >= 11 is 1.39. The smallest absolute Gasteiger partial charge is 0.321 e. The molecule has 1 N–H and O–H groups in total. The lowest BCUT2D eigenvalue weighted by atomic mass is 10.1. The zero-order valence-electron chi connectivity index (χ0n) is 16.2. The second-order valence-corrected chi connectivity index (χ2v) is 7.95. The van der Waals surface area contributed by atoms with Crippen molar-refractivity contribution in [3.05, 3.63) is 82.0 Å². The van der Waals surface area contributed by atoms with Crippen LogP contribution in [0, 0.1) is 11.3 Å². The first-order valence-electron chi connectivity index (χ1n) is 9.64. The fraction of sp³-hybridized carbons (Fsp3) is 0.174. The maximum Gasteiger partial charge on any atom is 0.324 e. The Labute approximate surface area is 179 Å². The van der Waals surface area contributed by atoms with Crippen LogP contribution in [0.4, 0.5) is 16.2 Å². The molecule has 6 nitrogen and oxygen atoms in total. The van der Waals surface area contributed by atoms with Gasteiger partial charge in [-0.05, 0) is 53.8 Å². The van der Waals surface area contributed by atoms with Crippen LogP contribution < -0.4 is 10.2 Å². The highest BCUT2D eigenvalue weighted by atomic mass is 32.1. The molecule has 0 spiro atoms. The van der Waals surface area contributed by atoms with E-state index in [1.807, 2.05) is 52.7 Å². The molecule has 0 bridgehead atoms. The Kier molecular flexibility index (Phi) is 5.77. The van der Waals surface area contributed by atoms with Gasteiger partial charge in [0.25, 0.3) is 5.91 Å². The van der Waals surface area contributed by atoms with Gasteiger partial charge < -0.3 is 10.2 Å². The summed E-state index contributed by atoms with van der Waals surface area (Å²) < 4.78 is 0. The van der Waals surface area contributed by atoms with E-state index in [2.05, 4.69) is 11.4 Å². The van der Waals surface area contributed by atoms with E-state index in [1.54, 1.807) is 23.1 Å². The lowest BCUT2D eigenvalue weighted by Gasteiger charge is -2.36. The number of carbonyl (C=O) groups is 2. The number of nitriles is 1. The molecule has 2 heterocycles. The van der Waals surface area contributed by atoms with Crippen molar-refractivity contribution in [3.63, 3.8) is 0 Å². The predicted octanol–water partition coefficient (Wildman–Crippen LogP) is 4.70. The molecule has 3 amide bonds. The first-order valence-corrected chi connectivity index (χ1v) is 10.5. The number of anilines is 2. The molecule has 1 saturated heterocycles. The number of carbonyl (C=O) groups excluding carboxylic acids is 2. The maximum atomic E-state index is 13.1. The molecule has 1 aromatic heterocycles. The van der Waals surface area contributed by atoms with Crippen LogP contribution in [-0.4, -0.2) is 29.9 Å². The van der Waals surface area contributed by atoms with Crippen LogP contribution in [0.15, 0.2) is 66.0 Å². The van der Waals surface area contributed by atoms with Crippen molar-refractivity contribution in [1.82, 2.24) is 4.90 Å². The van der Waals surface area contributed by atoms with Gasteiger partial charge in [0, 0.05) is 31.0 Å². The highest BCUT2D eigenvalue weighted by molar-refractivity contribution is 7.12. The van der Waals surface area contributed by atoms with Gasteiger partial charge in [-0.1, -0.05) is 24.3 Å². The lowest BCUT2D eigenvalue weighted by Crippen LogP contribution is -2.49. The fourth-order valence-corrected chi connectivity index (χ4v) is 4.04. The van der Waals surface area contributed by atoms with E-state index < -0.39 is 0 Å². The molecule has 0 saturated carbocycles. The number of hydrogen-bond donors (Lipinski definition) is 1. The lowest BCUT2D eigenvalue weighted by molar-refractivity contribution is 0.103. The van der Waals surface area contributed by atoms with E-state index in [0.29, 0.717) is 35.8 Å². The minimum Gasteiger partial charge on any atom is -0.321 e. The minimum absolute atomic E-state index is 0.0626. The topological polar surface area (TPSA) is 76.4 Å². The molecule has 0 radical (unpaired) electrons. The molecule has 30 heavy (non-hydrogen) atoms. The first kappa shape index (κ1) is 19.7. The largest absolute Gasteiger partial charge is 0.324 e. The second kappa shape index (κ2) is 8.80. The Morgan fingerprint density at radius 1 is 1.10 bits per heavy atom. The van der Waals surface area contributed by atoms with Gasteiger partial charge in [0.05, 0.1) is 16.5 Å². The van der Waals surface area contributed by atoms with Crippen LogP contribution in [0.5, 0.6) is 0 Å². The van der Waals surface area contributed by atoms with Crippen molar-refractivity contribution in [3.8, 4) is 6.07 Å². The molecule has 0 unspecified atom stereocenters. The molecule has 1 fully saturated rings. The summed E-state index contributed by atoms with van der Waals surface area (Å²) in [5.74, 6) is -0.158. The van der Waals surface area contributed by atoms with Gasteiger partial charge in [0.15, 0.2) is 0 Å². The van der Waals surface area contributed by atoms with E-state index >= 15 is 0 Å². The molecule has 3 aromatic rings. The fourth-order valence-electron chi connectivity index (χ4n) is 3.42. The molecule has 1 aliphatic heterocycles. The van der Waals surface area contributed by atoms with Crippen LogP contribution in [0.2, 0.25) is 0 Å². The second-order valence-electron chi connectivity index (χ2n) is 7.00. The third-order valence-corrected chi connectivity index (χ3v) is 5.80. The summed E-state index contributed by atoms with van der Waals surface area (Å²) in [6.07, 6.45) is 0.855. The van der Waals surface area contributed by atoms with Crippen molar-refractivity contribution >= 4 is 34.6 Å². The summed E-state index contributed by atoms with van der Waals surface area (Å²) in [5, 5.41) is 13.7. The molecular weight excluding hydrogens is 396 g/mol. The Bertz CT molecular complexity index is 1090. The Morgan fingerprint density at radius 2 is 1.93 bits per heavy atom. The highest BCUT2D eigenvalue weighted by Gasteiger charge is 2.27. The van der Waals surface area contributed by atoms with Crippen LogP contribution in [0.3, 0.4) is 0 Å². The minimum atomic E-state index is -0.158.